The van der Waals surface area contributed by atoms with Gasteiger partial charge in [-0.25, -0.2) is 4.67 Å². The molecule has 0 amide bonds. The normalized spacial score (nSPS) is 17.9. The highest BCUT2D eigenvalue weighted by atomic mass is 35.7. The number of halogens is 1. The molecule has 0 aliphatic rings. The summed E-state index contributed by atoms with van der Waals surface area (Å²) < 4.78 is 13.3. The molecule has 11 heavy (non-hydrogen) atoms. The zero-order chi connectivity index (χ0) is 9.23. The Morgan fingerprint density at radius 2 is 1.45 bits per heavy atom. The molecule has 0 N–H and O–H groups in total. The summed E-state index contributed by atoms with van der Waals surface area (Å²) in [5, 5.41) is 0. The smallest absolute Gasteiger partial charge is 0.232 e. The van der Waals surface area contributed by atoms with E-state index in [1.165, 1.54) is 0 Å². The lowest BCUT2D eigenvalue weighted by atomic mass is 10.3. The van der Waals surface area contributed by atoms with Crippen molar-refractivity contribution in [2.24, 2.45) is 0 Å². The van der Waals surface area contributed by atoms with Gasteiger partial charge in [0, 0.05) is 18.7 Å². The van der Waals surface area contributed by atoms with Crippen LogP contribution in [0.2, 0.25) is 0 Å². The van der Waals surface area contributed by atoms with E-state index in [4.69, 9.17) is 11.2 Å². The van der Waals surface area contributed by atoms with Gasteiger partial charge in [-0.3, -0.25) is 4.57 Å². The van der Waals surface area contributed by atoms with Gasteiger partial charge in [-0.15, -0.1) is 0 Å². The topological polar surface area (TPSA) is 20.3 Å². The van der Waals surface area contributed by atoms with E-state index >= 15 is 0 Å². The van der Waals surface area contributed by atoms with Crippen LogP contribution in [0, 0.1) is 0 Å². The average molecular weight is 198 g/mol. The lowest BCUT2D eigenvalue weighted by Gasteiger charge is -2.31. The fourth-order valence-electron chi connectivity index (χ4n) is 1.42. The minimum Gasteiger partial charge on any atom is -0.289 e. The van der Waals surface area contributed by atoms with Crippen LogP contribution in [0.4, 0.5) is 0 Å². The predicted molar refractivity (Wildman–Crippen MR) is 51.5 cm³/mol. The largest absolute Gasteiger partial charge is 0.289 e. The minimum absolute atomic E-state index is 0.239. The highest BCUT2D eigenvalue weighted by Gasteiger charge is 2.27. The Bertz CT molecular complexity index is 156. The van der Waals surface area contributed by atoms with Crippen molar-refractivity contribution in [2.45, 2.75) is 39.8 Å². The molecule has 0 spiro atoms. The number of nitrogens with zero attached hydrogens (tertiary/aromatic N) is 1. The summed E-state index contributed by atoms with van der Waals surface area (Å²) >= 11 is 5.77. The molecule has 0 rings (SSSR count). The summed E-state index contributed by atoms with van der Waals surface area (Å²) in [4.78, 5) is 0. The van der Waals surface area contributed by atoms with E-state index in [9.17, 15) is 4.57 Å². The maximum atomic E-state index is 11.5. The number of hydrogen-bond donors (Lipinski definition) is 0. The van der Waals surface area contributed by atoms with Crippen molar-refractivity contribution in [3.8, 4) is 0 Å². The Morgan fingerprint density at radius 3 is 1.45 bits per heavy atom. The summed E-state index contributed by atoms with van der Waals surface area (Å²) in [5.74, 6) is 0. The first-order valence-electron chi connectivity index (χ1n) is 3.82. The van der Waals surface area contributed by atoms with Gasteiger partial charge in [0.2, 0.25) is 6.65 Å². The molecule has 68 valence electrons. The van der Waals surface area contributed by atoms with Crippen LogP contribution in [0.1, 0.15) is 27.7 Å². The van der Waals surface area contributed by atoms with Crippen molar-refractivity contribution < 1.29 is 4.57 Å². The molecule has 0 radical (unpaired) electrons. The van der Waals surface area contributed by atoms with Crippen LogP contribution < -0.4 is 0 Å². The summed E-state index contributed by atoms with van der Waals surface area (Å²) in [5.41, 5.74) is 0. The molecule has 0 aromatic heterocycles. The fraction of sp³-hybridized carbons (Fsp3) is 1.00. The third-order valence-corrected chi connectivity index (χ3v) is 3.74. The molecular weight excluding hydrogens is 181 g/mol. The van der Waals surface area contributed by atoms with Gasteiger partial charge >= 0.3 is 0 Å². The first-order chi connectivity index (χ1) is 4.76. The highest BCUT2D eigenvalue weighted by Crippen LogP contribution is 2.53. The first-order valence-corrected chi connectivity index (χ1v) is 6.84. The van der Waals surface area contributed by atoms with Crippen molar-refractivity contribution in [3.05, 3.63) is 0 Å². The molecule has 1 unspecified atom stereocenters. The third-order valence-electron chi connectivity index (χ3n) is 1.47. The lowest BCUT2D eigenvalue weighted by molar-refractivity contribution is 0.308. The lowest BCUT2D eigenvalue weighted by Crippen LogP contribution is -2.32. The molecule has 4 heteroatoms. The van der Waals surface area contributed by atoms with Gasteiger partial charge in [-0.1, -0.05) is 0 Å². The standard InChI is InChI=1S/C7H17ClNOP/c1-6(2)9(7(3)4)11(5,8)10/h6-7H,1-5H3. The second-order valence-corrected chi connectivity index (χ2v) is 7.24. The molecule has 0 heterocycles. The van der Waals surface area contributed by atoms with Crippen LogP contribution in [-0.4, -0.2) is 23.4 Å². The van der Waals surface area contributed by atoms with E-state index in [0.29, 0.717) is 0 Å². The summed E-state index contributed by atoms with van der Waals surface area (Å²) in [6.07, 6.45) is 0. The van der Waals surface area contributed by atoms with E-state index in [1.807, 2.05) is 32.4 Å². The van der Waals surface area contributed by atoms with Gasteiger partial charge in [0.25, 0.3) is 0 Å². The van der Waals surface area contributed by atoms with Gasteiger partial charge < -0.3 is 0 Å². The van der Waals surface area contributed by atoms with Gasteiger partial charge in [-0.2, -0.15) is 0 Å². The Balaban J connectivity index is 4.49. The molecule has 0 bridgehead atoms. The zero-order valence-corrected chi connectivity index (χ0v) is 9.49. The van der Waals surface area contributed by atoms with Crippen LogP contribution >= 0.6 is 17.9 Å². The molecule has 2 nitrogen and oxygen atoms in total. The molecule has 0 fully saturated rings. The van der Waals surface area contributed by atoms with Gasteiger partial charge in [-0.05, 0) is 38.9 Å². The molecule has 0 aliphatic carbocycles. The van der Waals surface area contributed by atoms with Crippen molar-refractivity contribution in [3.63, 3.8) is 0 Å². The van der Waals surface area contributed by atoms with E-state index in [0.717, 1.165) is 0 Å². The maximum absolute atomic E-state index is 11.5. The quantitative estimate of drug-likeness (QED) is 0.648. The Kier molecular flexibility index (Phi) is 4.10. The zero-order valence-electron chi connectivity index (χ0n) is 7.84. The Morgan fingerprint density at radius 1 is 1.18 bits per heavy atom. The van der Waals surface area contributed by atoms with Crippen molar-refractivity contribution in [1.29, 1.82) is 0 Å². The SMILES string of the molecule is CC(C)N(C(C)C)P(C)(=O)Cl. The third kappa shape index (κ3) is 3.59. The number of rotatable bonds is 3. The van der Waals surface area contributed by atoms with Crippen LogP contribution in [0.5, 0.6) is 0 Å². The highest BCUT2D eigenvalue weighted by molar-refractivity contribution is 7.86. The fourth-order valence-corrected chi connectivity index (χ4v) is 4.12. The van der Waals surface area contributed by atoms with E-state index in [2.05, 4.69) is 0 Å². The maximum Gasteiger partial charge on any atom is 0.232 e. The van der Waals surface area contributed by atoms with Crippen molar-refractivity contribution in [2.75, 3.05) is 6.66 Å². The summed E-state index contributed by atoms with van der Waals surface area (Å²) in [6, 6.07) is 0.478. The van der Waals surface area contributed by atoms with E-state index in [1.54, 1.807) is 6.66 Å². The molecule has 0 aromatic carbocycles. The average Bonchev–Trinajstić information content (AvgIpc) is 1.54. The predicted octanol–water partition coefficient (Wildman–Crippen LogP) is 3.17. The molecule has 0 saturated heterocycles. The van der Waals surface area contributed by atoms with Crippen LogP contribution in [0.3, 0.4) is 0 Å². The second-order valence-electron chi connectivity index (χ2n) is 3.35. The van der Waals surface area contributed by atoms with Crippen molar-refractivity contribution in [1.82, 2.24) is 4.67 Å². The number of hydrogen-bond acceptors (Lipinski definition) is 1. The van der Waals surface area contributed by atoms with E-state index < -0.39 is 6.65 Å². The molecule has 0 saturated carbocycles. The second kappa shape index (κ2) is 3.93. The monoisotopic (exact) mass is 197 g/mol. The van der Waals surface area contributed by atoms with Crippen molar-refractivity contribution >= 4 is 17.9 Å². The van der Waals surface area contributed by atoms with Gasteiger partial charge in [0.15, 0.2) is 0 Å². The van der Waals surface area contributed by atoms with Crippen LogP contribution in [-0.2, 0) is 4.57 Å². The Hall–Kier alpha value is 0.480. The molecule has 1 atom stereocenters. The van der Waals surface area contributed by atoms with Crippen LogP contribution in [0.15, 0.2) is 0 Å². The molecule has 0 aliphatic heterocycles. The van der Waals surface area contributed by atoms with Gasteiger partial charge in [0.05, 0.1) is 0 Å². The van der Waals surface area contributed by atoms with E-state index in [-0.39, 0.29) is 12.1 Å². The summed E-state index contributed by atoms with van der Waals surface area (Å²) in [6.45, 7) is 7.00. The summed E-state index contributed by atoms with van der Waals surface area (Å²) in [7, 11) is 0. The molecular formula is C7H17ClNOP. The van der Waals surface area contributed by atoms with Crippen LogP contribution in [0.25, 0.3) is 0 Å². The minimum atomic E-state index is -2.58. The van der Waals surface area contributed by atoms with Gasteiger partial charge in [0.1, 0.15) is 0 Å². The first kappa shape index (κ1) is 11.5. The molecule has 0 aromatic rings. The Labute approximate surface area is 74.1 Å².